The number of rotatable bonds is 6. The summed E-state index contributed by atoms with van der Waals surface area (Å²) in [4.78, 5) is 4.99. The van der Waals surface area contributed by atoms with Crippen molar-refractivity contribution >= 4 is 9.84 Å². The van der Waals surface area contributed by atoms with E-state index in [4.69, 9.17) is 4.74 Å². The molecular formula is C20H34N4O3S. The molecule has 0 radical (unpaired) electrons. The highest BCUT2D eigenvalue weighted by atomic mass is 32.2. The van der Waals surface area contributed by atoms with Crippen molar-refractivity contribution in [1.29, 1.82) is 0 Å². The van der Waals surface area contributed by atoms with Gasteiger partial charge < -0.3 is 9.64 Å². The van der Waals surface area contributed by atoms with Crippen LogP contribution in [-0.4, -0.2) is 83.7 Å². The van der Waals surface area contributed by atoms with Crippen LogP contribution in [0.4, 0.5) is 0 Å². The Morgan fingerprint density at radius 3 is 2.50 bits per heavy atom. The van der Waals surface area contributed by atoms with Crippen molar-refractivity contribution in [3.63, 3.8) is 0 Å². The summed E-state index contributed by atoms with van der Waals surface area (Å²) in [5.74, 6) is 0. The Hall–Kier alpha value is -1.03. The van der Waals surface area contributed by atoms with Crippen molar-refractivity contribution in [2.24, 2.45) is 0 Å². The normalized spacial score (nSPS) is 30.4. The molecule has 28 heavy (non-hydrogen) atoms. The molecule has 2 aliphatic rings. The Bertz CT molecular complexity index is 740. The van der Waals surface area contributed by atoms with Crippen LogP contribution in [0, 0.1) is 0 Å². The number of likely N-dealkylation sites (tertiary alicyclic amines) is 1. The standard InChI is InChI=1S/C20H34N4O3S/c1-23-12-6-5-7-16(23)13-21-18-14-24(2)20(27-3)19(22-18)15-8-10-17(11-9-15)28(4,25)26/h8-11,16,18-22H,5-7,12-14H2,1-4H3. The quantitative estimate of drug-likeness (QED) is 0.726. The molecule has 8 heteroatoms. The molecule has 2 heterocycles. The molecule has 2 N–H and O–H groups in total. The molecule has 2 aliphatic heterocycles. The van der Waals surface area contributed by atoms with Crippen LogP contribution in [0.5, 0.6) is 0 Å². The molecule has 1 aromatic rings. The van der Waals surface area contributed by atoms with Crippen LogP contribution in [0.25, 0.3) is 0 Å². The van der Waals surface area contributed by atoms with E-state index in [1.54, 1.807) is 19.2 Å². The van der Waals surface area contributed by atoms with E-state index in [9.17, 15) is 8.42 Å². The Kier molecular flexibility index (Phi) is 7.12. The molecule has 0 spiro atoms. The second-order valence-electron chi connectivity index (χ2n) is 8.14. The first-order valence-electron chi connectivity index (χ1n) is 10.0. The van der Waals surface area contributed by atoms with Gasteiger partial charge in [-0.15, -0.1) is 0 Å². The maximum absolute atomic E-state index is 11.7. The summed E-state index contributed by atoms with van der Waals surface area (Å²) in [6, 6.07) is 7.64. The van der Waals surface area contributed by atoms with Gasteiger partial charge in [0.05, 0.1) is 17.1 Å². The number of hydrogen-bond acceptors (Lipinski definition) is 7. The Morgan fingerprint density at radius 1 is 1.18 bits per heavy atom. The first-order chi connectivity index (χ1) is 13.3. The third-order valence-electron chi connectivity index (χ3n) is 6.00. The predicted octanol–water partition coefficient (Wildman–Crippen LogP) is 1.04. The summed E-state index contributed by atoms with van der Waals surface area (Å²) in [7, 11) is 2.79. The van der Waals surface area contributed by atoms with Gasteiger partial charge in [-0.1, -0.05) is 18.6 Å². The summed E-state index contributed by atoms with van der Waals surface area (Å²) in [5, 5.41) is 7.35. The van der Waals surface area contributed by atoms with Gasteiger partial charge in [0.1, 0.15) is 6.23 Å². The van der Waals surface area contributed by atoms with Crippen LogP contribution in [0.1, 0.15) is 30.9 Å². The molecule has 7 nitrogen and oxygen atoms in total. The first kappa shape index (κ1) is 21.7. The Labute approximate surface area is 169 Å². The van der Waals surface area contributed by atoms with Crippen molar-refractivity contribution in [2.75, 3.05) is 47.1 Å². The molecule has 0 aromatic heterocycles. The molecule has 0 bridgehead atoms. The van der Waals surface area contributed by atoms with E-state index in [1.165, 1.54) is 32.1 Å². The van der Waals surface area contributed by atoms with Crippen molar-refractivity contribution < 1.29 is 13.2 Å². The molecule has 0 saturated carbocycles. The maximum atomic E-state index is 11.7. The van der Waals surface area contributed by atoms with E-state index >= 15 is 0 Å². The lowest BCUT2D eigenvalue weighted by atomic mass is 10.0. The molecule has 2 saturated heterocycles. The second-order valence-corrected chi connectivity index (χ2v) is 10.2. The van der Waals surface area contributed by atoms with E-state index in [0.717, 1.165) is 18.7 Å². The van der Waals surface area contributed by atoms with Gasteiger partial charge in [-0.3, -0.25) is 15.5 Å². The molecule has 4 unspecified atom stereocenters. The van der Waals surface area contributed by atoms with Crippen LogP contribution in [0.2, 0.25) is 0 Å². The van der Waals surface area contributed by atoms with Gasteiger partial charge in [0.15, 0.2) is 9.84 Å². The fourth-order valence-corrected chi connectivity index (χ4v) is 4.93. The van der Waals surface area contributed by atoms with Crippen LogP contribution in [-0.2, 0) is 14.6 Å². The maximum Gasteiger partial charge on any atom is 0.175 e. The summed E-state index contributed by atoms with van der Waals surface area (Å²) in [5.41, 5.74) is 1.02. The van der Waals surface area contributed by atoms with E-state index in [1.807, 2.05) is 12.1 Å². The molecular weight excluding hydrogens is 376 g/mol. The first-order valence-corrected chi connectivity index (χ1v) is 11.9. The third-order valence-corrected chi connectivity index (χ3v) is 7.13. The predicted molar refractivity (Wildman–Crippen MR) is 111 cm³/mol. The van der Waals surface area contributed by atoms with Crippen molar-refractivity contribution in [1.82, 2.24) is 20.4 Å². The van der Waals surface area contributed by atoms with Crippen molar-refractivity contribution in [2.45, 2.75) is 48.6 Å². The zero-order valence-electron chi connectivity index (χ0n) is 17.4. The highest BCUT2D eigenvalue weighted by molar-refractivity contribution is 7.90. The average Bonchev–Trinajstić information content (AvgIpc) is 2.66. The van der Waals surface area contributed by atoms with E-state index in [2.05, 4.69) is 34.5 Å². The number of hydrogen-bond donors (Lipinski definition) is 2. The van der Waals surface area contributed by atoms with E-state index in [0.29, 0.717) is 10.9 Å². The number of benzene rings is 1. The van der Waals surface area contributed by atoms with Crippen LogP contribution in [0.3, 0.4) is 0 Å². The third kappa shape index (κ3) is 5.11. The number of nitrogens with one attached hydrogen (secondary N) is 2. The largest absolute Gasteiger partial charge is 0.364 e. The fraction of sp³-hybridized carbons (Fsp3) is 0.700. The van der Waals surface area contributed by atoms with Crippen LogP contribution >= 0.6 is 0 Å². The minimum atomic E-state index is -3.20. The molecule has 4 atom stereocenters. The molecule has 0 amide bonds. The van der Waals surface area contributed by atoms with Gasteiger partial charge in [-0.25, -0.2) is 8.42 Å². The summed E-state index contributed by atoms with van der Waals surface area (Å²) < 4.78 is 29.2. The molecule has 2 fully saturated rings. The van der Waals surface area contributed by atoms with Crippen molar-refractivity contribution in [3.05, 3.63) is 29.8 Å². The SMILES string of the molecule is COC1C(c2ccc(S(C)(=O)=O)cc2)NC(NCC2CCCCN2C)CN1C. The summed E-state index contributed by atoms with van der Waals surface area (Å²) in [6.45, 7) is 2.97. The lowest BCUT2D eigenvalue weighted by molar-refractivity contribution is -0.0770. The molecule has 158 valence electrons. The Balaban J connectivity index is 1.69. The number of piperazine rings is 1. The minimum absolute atomic E-state index is 0.0426. The highest BCUT2D eigenvalue weighted by Gasteiger charge is 2.35. The lowest BCUT2D eigenvalue weighted by Crippen LogP contribution is -2.63. The van der Waals surface area contributed by atoms with Gasteiger partial charge in [-0.2, -0.15) is 0 Å². The van der Waals surface area contributed by atoms with Crippen LogP contribution in [0.15, 0.2) is 29.2 Å². The van der Waals surface area contributed by atoms with Crippen LogP contribution < -0.4 is 10.6 Å². The number of sulfone groups is 1. The monoisotopic (exact) mass is 410 g/mol. The number of piperidine rings is 1. The summed E-state index contributed by atoms with van der Waals surface area (Å²) in [6.07, 6.45) is 5.09. The Morgan fingerprint density at radius 2 is 1.89 bits per heavy atom. The second kappa shape index (κ2) is 9.19. The minimum Gasteiger partial charge on any atom is -0.364 e. The zero-order chi connectivity index (χ0) is 20.3. The smallest absolute Gasteiger partial charge is 0.175 e. The number of ether oxygens (including phenoxy) is 1. The number of nitrogens with zero attached hydrogens (tertiary/aromatic N) is 2. The van der Waals surface area contributed by atoms with Gasteiger partial charge >= 0.3 is 0 Å². The van der Waals surface area contributed by atoms with Gasteiger partial charge in [-0.05, 0) is 51.2 Å². The van der Waals surface area contributed by atoms with Gasteiger partial charge in [0.2, 0.25) is 0 Å². The molecule has 3 rings (SSSR count). The highest BCUT2D eigenvalue weighted by Crippen LogP contribution is 2.26. The zero-order valence-corrected chi connectivity index (χ0v) is 18.2. The number of likely N-dealkylation sites (N-methyl/N-ethyl adjacent to an activating group) is 2. The molecule has 0 aliphatic carbocycles. The van der Waals surface area contributed by atoms with E-state index < -0.39 is 9.84 Å². The van der Waals surface area contributed by atoms with Gasteiger partial charge in [0.25, 0.3) is 0 Å². The number of methoxy groups -OCH3 is 1. The average molecular weight is 411 g/mol. The lowest BCUT2D eigenvalue weighted by Gasteiger charge is -2.44. The van der Waals surface area contributed by atoms with Gasteiger partial charge in [0, 0.05) is 32.5 Å². The topological polar surface area (TPSA) is 73.9 Å². The van der Waals surface area contributed by atoms with Crippen molar-refractivity contribution in [3.8, 4) is 0 Å². The van der Waals surface area contributed by atoms with E-state index in [-0.39, 0.29) is 18.4 Å². The summed E-state index contributed by atoms with van der Waals surface area (Å²) >= 11 is 0. The molecule has 1 aromatic carbocycles. The fourth-order valence-electron chi connectivity index (χ4n) is 4.30.